The van der Waals surface area contributed by atoms with Gasteiger partial charge in [0.05, 0.1) is 0 Å². The van der Waals surface area contributed by atoms with E-state index in [2.05, 4.69) is 20.8 Å². The van der Waals surface area contributed by atoms with Crippen molar-refractivity contribution in [1.29, 1.82) is 0 Å². The first-order chi connectivity index (χ1) is 9.58. The molecule has 1 aromatic carbocycles. The molecule has 20 heavy (non-hydrogen) atoms. The molecule has 1 heterocycles. The highest BCUT2D eigenvalue weighted by molar-refractivity contribution is 6.04. The lowest BCUT2D eigenvalue weighted by Gasteiger charge is -2.04. The molecule has 2 aromatic rings. The zero-order valence-electron chi connectivity index (χ0n) is 11.4. The Morgan fingerprint density at radius 3 is 2.45 bits per heavy atom. The number of benzene rings is 1. The molecule has 0 aliphatic carbocycles. The van der Waals surface area contributed by atoms with E-state index in [0.717, 1.165) is 12.1 Å². The first-order valence-corrected chi connectivity index (χ1v) is 6.31. The number of nitrogens with zero attached hydrogens (tertiary/aromatic N) is 1. The topological polar surface area (TPSA) is 86.9 Å². The van der Waals surface area contributed by atoms with Gasteiger partial charge < -0.3 is 10.6 Å². The number of rotatable bonds is 4. The maximum atomic E-state index is 12.0. The van der Waals surface area contributed by atoms with Crippen LogP contribution in [-0.2, 0) is 11.2 Å². The number of nitrogens with one attached hydrogen (secondary N) is 3. The molecule has 6 nitrogen and oxygen atoms in total. The lowest BCUT2D eigenvalue weighted by atomic mass is 10.2. The average Bonchev–Trinajstić information content (AvgIpc) is 2.86. The Morgan fingerprint density at radius 2 is 1.90 bits per heavy atom. The van der Waals surface area contributed by atoms with E-state index in [1.807, 2.05) is 6.92 Å². The molecule has 3 N–H and O–H groups in total. The molecule has 0 fully saturated rings. The molecule has 1 aromatic heterocycles. The van der Waals surface area contributed by atoms with Crippen molar-refractivity contribution < 1.29 is 9.59 Å². The smallest absolute Gasteiger partial charge is 0.256 e. The third-order valence-corrected chi connectivity index (χ3v) is 2.72. The van der Waals surface area contributed by atoms with E-state index in [4.69, 9.17) is 0 Å². The van der Waals surface area contributed by atoms with E-state index in [1.165, 1.54) is 6.92 Å². The van der Waals surface area contributed by atoms with Crippen molar-refractivity contribution in [3.05, 3.63) is 41.6 Å². The summed E-state index contributed by atoms with van der Waals surface area (Å²) in [4.78, 5) is 22.9. The van der Waals surface area contributed by atoms with Gasteiger partial charge in [0, 0.05) is 29.9 Å². The highest BCUT2D eigenvalue weighted by Gasteiger charge is 2.08. The Balaban J connectivity index is 2.03. The average molecular weight is 272 g/mol. The molecule has 104 valence electrons. The second kappa shape index (κ2) is 6.01. The summed E-state index contributed by atoms with van der Waals surface area (Å²) in [7, 11) is 0. The molecule has 6 heteroatoms. The van der Waals surface area contributed by atoms with Crippen molar-refractivity contribution in [3.63, 3.8) is 0 Å². The van der Waals surface area contributed by atoms with Gasteiger partial charge >= 0.3 is 0 Å². The highest BCUT2D eigenvalue weighted by atomic mass is 16.2. The molecule has 0 radical (unpaired) electrons. The number of carbonyl (C=O) groups is 2. The fraction of sp³-hybridized carbons (Fsp3) is 0.214. The highest BCUT2D eigenvalue weighted by Crippen LogP contribution is 2.12. The van der Waals surface area contributed by atoms with Gasteiger partial charge in [0.2, 0.25) is 5.91 Å². The lowest BCUT2D eigenvalue weighted by molar-refractivity contribution is -0.114. The van der Waals surface area contributed by atoms with Crippen LogP contribution in [0.2, 0.25) is 0 Å². The third kappa shape index (κ3) is 3.44. The van der Waals surface area contributed by atoms with E-state index in [0.29, 0.717) is 17.1 Å². The van der Waals surface area contributed by atoms with Crippen LogP contribution in [0.1, 0.15) is 29.9 Å². The number of amides is 2. The molecule has 0 aliphatic rings. The number of H-pyrrole nitrogens is 1. The molecule has 0 bridgehead atoms. The molecule has 2 rings (SSSR count). The van der Waals surface area contributed by atoms with Crippen molar-refractivity contribution in [3.8, 4) is 0 Å². The van der Waals surface area contributed by atoms with Gasteiger partial charge in [-0.25, -0.2) is 0 Å². The number of aromatic nitrogens is 2. The Bertz CT molecular complexity index is 616. The van der Waals surface area contributed by atoms with Gasteiger partial charge in [0.25, 0.3) is 5.91 Å². The van der Waals surface area contributed by atoms with Crippen molar-refractivity contribution in [2.75, 3.05) is 10.6 Å². The van der Waals surface area contributed by atoms with E-state index >= 15 is 0 Å². The van der Waals surface area contributed by atoms with Gasteiger partial charge in [-0.05, 0) is 30.7 Å². The number of carbonyl (C=O) groups excluding carboxylic acids is 2. The summed E-state index contributed by atoms with van der Waals surface area (Å²) in [6.45, 7) is 3.43. The van der Waals surface area contributed by atoms with Crippen molar-refractivity contribution in [1.82, 2.24) is 10.2 Å². The van der Waals surface area contributed by atoms with Gasteiger partial charge in [0.1, 0.15) is 0 Å². The number of anilines is 2. The van der Waals surface area contributed by atoms with Crippen LogP contribution in [0, 0.1) is 0 Å². The Labute approximate surface area is 116 Å². The summed E-state index contributed by atoms with van der Waals surface area (Å²) < 4.78 is 0. The standard InChI is InChI=1S/C14H16N4O2/c1-3-11-8-13(18-17-11)16-14(20)10-4-6-12(7-5-10)15-9(2)19/h4-8H,3H2,1-2H3,(H,15,19)(H2,16,17,18,20). The quantitative estimate of drug-likeness (QED) is 0.797. The third-order valence-electron chi connectivity index (χ3n) is 2.72. The molecule has 2 amide bonds. The van der Waals surface area contributed by atoms with Gasteiger partial charge in [0.15, 0.2) is 5.82 Å². The molecule has 0 saturated carbocycles. The van der Waals surface area contributed by atoms with Crippen LogP contribution < -0.4 is 10.6 Å². The van der Waals surface area contributed by atoms with Crippen LogP contribution in [0.25, 0.3) is 0 Å². The van der Waals surface area contributed by atoms with E-state index in [-0.39, 0.29) is 11.8 Å². The van der Waals surface area contributed by atoms with Crippen LogP contribution in [-0.4, -0.2) is 22.0 Å². The molecule has 0 aliphatic heterocycles. The maximum absolute atomic E-state index is 12.0. The van der Waals surface area contributed by atoms with Crippen molar-refractivity contribution in [2.45, 2.75) is 20.3 Å². The summed E-state index contributed by atoms with van der Waals surface area (Å²) >= 11 is 0. The second-order valence-corrected chi connectivity index (χ2v) is 4.34. The molecular formula is C14H16N4O2. The van der Waals surface area contributed by atoms with Crippen LogP contribution in [0.5, 0.6) is 0 Å². The van der Waals surface area contributed by atoms with E-state index in [1.54, 1.807) is 30.3 Å². The monoisotopic (exact) mass is 272 g/mol. The zero-order valence-corrected chi connectivity index (χ0v) is 11.4. The van der Waals surface area contributed by atoms with Crippen molar-refractivity contribution in [2.24, 2.45) is 0 Å². The van der Waals surface area contributed by atoms with E-state index < -0.39 is 0 Å². The fourth-order valence-corrected chi connectivity index (χ4v) is 1.70. The minimum Gasteiger partial charge on any atom is -0.326 e. The van der Waals surface area contributed by atoms with Crippen LogP contribution in [0.4, 0.5) is 11.5 Å². The number of aromatic amines is 1. The Kier molecular flexibility index (Phi) is 4.14. The van der Waals surface area contributed by atoms with Gasteiger partial charge in [-0.1, -0.05) is 6.92 Å². The normalized spacial score (nSPS) is 10.1. The summed E-state index contributed by atoms with van der Waals surface area (Å²) in [5.41, 5.74) is 2.11. The van der Waals surface area contributed by atoms with Crippen LogP contribution in [0.3, 0.4) is 0 Å². The maximum Gasteiger partial charge on any atom is 0.256 e. The fourth-order valence-electron chi connectivity index (χ4n) is 1.70. The molecule has 0 atom stereocenters. The number of hydrogen-bond donors (Lipinski definition) is 3. The first-order valence-electron chi connectivity index (χ1n) is 6.31. The zero-order chi connectivity index (χ0) is 14.5. The molecule has 0 saturated heterocycles. The molecular weight excluding hydrogens is 256 g/mol. The van der Waals surface area contributed by atoms with Crippen molar-refractivity contribution >= 4 is 23.3 Å². The minimum atomic E-state index is -0.242. The van der Waals surface area contributed by atoms with Gasteiger partial charge in [-0.2, -0.15) is 5.10 Å². The lowest BCUT2D eigenvalue weighted by Crippen LogP contribution is -2.12. The van der Waals surface area contributed by atoms with E-state index in [9.17, 15) is 9.59 Å². The Hall–Kier alpha value is -2.63. The van der Waals surface area contributed by atoms with Crippen LogP contribution >= 0.6 is 0 Å². The summed E-state index contributed by atoms with van der Waals surface area (Å²) in [5, 5.41) is 12.2. The number of hydrogen-bond acceptors (Lipinski definition) is 3. The predicted octanol–water partition coefficient (Wildman–Crippen LogP) is 2.18. The summed E-state index contributed by atoms with van der Waals surface area (Å²) in [6.07, 6.45) is 0.828. The largest absolute Gasteiger partial charge is 0.326 e. The summed E-state index contributed by atoms with van der Waals surface area (Å²) in [6, 6.07) is 8.45. The number of aryl methyl sites for hydroxylation is 1. The Morgan fingerprint density at radius 1 is 1.20 bits per heavy atom. The van der Waals surface area contributed by atoms with Crippen LogP contribution in [0.15, 0.2) is 30.3 Å². The van der Waals surface area contributed by atoms with Gasteiger partial charge in [-0.3, -0.25) is 14.7 Å². The first kappa shape index (κ1) is 13.8. The molecule has 0 unspecified atom stereocenters. The van der Waals surface area contributed by atoms with Gasteiger partial charge in [-0.15, -0.1) is 0 Å². The molecule has 0 spiro atoms. The second-order valence-electron chi connectivity index (χ2n) is 4.34. The predicted molar refractivity (Wildman–Crippen MR) is 76.7 cm³/mol. The minimum absolute atomic E-state index is 0.147. The SMILES string of the molecule is CCc1cc(NC(=O)c2ccc(NC(C)=O)cc2)n[nH]1. The summed E-state index contributed by atoms with van der Waals surface area (Å²) in [5.74, 6) is 0.108.